The van der Waals surface area contributed by atoms with Crippen LogP contribution in [0, 0.1) is 0 Å². The minimum Gasteiger partial charge on any atom is -0.494 e. The van der Waals surface area contributed by atoms with Crippen molar-refractivity contribution in [1.82, 2.24) is 0 Å². The molecule has 1 aromatic heterocycles. The van der Waals surface area contributed by atoms with E-state index in [0.717, 1.165) is 24.3 Å². The van der Waals surface area contributed by atoms with E-state index in [4.69, 9.17) is 4.74 Å². The molecule has 0 aliphatic heterocycles. The lowest BCUT2D eigenvalue weighted by Gasteiger charge is -2.07. The zero-order valence-corrected chi connectivity index (χ0v) is 21.7. The van der Waals surface area contributed by atoms with E-state index in [9.17, 15) is 4.79 Å². The molecule has 0 bridgehead atoms. The van der Waals surface area contributed by atoms with E-state index in [2.05, 4.69) is 6.92 Å². The van der Waals surface area contributed by atoms with Gasteiger partial charge in [-0.15, -0.1) is 0 Å². The standard InChI is InChI=1S/C31H48NO2/c1-2-3-4-5-6-7-8-9-10-11-12-13-14-15-16-20-27-34-30-23-21-29(22-24-30)31(33)28-32-25-18-17-19-26-32/h17-19,21-26H,2-16,20,27-28H2,1H3/q+1. The predicted molar refractivity (Wildman–Crippen MR) is 142 cm³/mol. The molecule has 0 aliphatic rings. The first-order chi connectivity index (χ1) is 16.8. The van der Waals surface area contributed by atoms with Gasteiger partial charge in [0.25, 0.3) is 0 Å². The van der Waals surface area contributed by atoms with Crippen molar-refractivity contribution in [3.63, 3.8) is 0 Å². The number of aromatic nitrogens is 1. The fourth-order valence-electron chi connectivity index (χ4n) is 4.37. The van der Waals surface area contributed by atoms with Crippen LogP contribution in [0.3, 0.4) is 0 Å². The second-order valence-corrected chi connectivity index (χ2v) is 9.65. The average Bonchev–Trinajstić information content (AvgIpc) is 2.87. The summed E-state index contributed by atoms with van der Waals surface area (Å²) in [6.07, 6.45) is 25.9. The molecule has 0 saturated heterocycles. The SMILES string of the molecule is CCCCCCCCCCCCCCCCCCOc1ccc(C(=O)C[n+]2ccccc2)cc1. The third kappa shape index (κ3) is 13.5. The molecule has 3 nitrogen and oxygen atoms in total. The molecule has 34 heavy (non-hydrogen) atoms. The van der Waals surface area contributed by atoms with Gasteiger partial charge in [-0.05, 0) is 30.7 Å². The summed E-state index contributed by atoms with van der Waals surface area (Å²) in [6.45, 7) is 3.40. The number of carbonyl (C=O) groups is 1. The highest BCUT2D eigenvalue weighted by Gasteiger charge is 2.11. The minimum atomic E-state index is 0.112. The average molecular weight is 467 g/mol. The maximum Gasteiger partial charge on any atom is 0.227 e. The maximum atomic E-state index is 12.4. The highest BCUT2D eigenvalue weighted by molar-refractivity contribution is 5.95. The largest absolute Gasteiger partial charge is 0.494 e. The Morgan fingerprint density at radius 3 is 1.62 bits per heavy atom. The zero-order valence-electron chi connectivity index (χ0n) is 21.7. The van der Waals surface area contributed by atoms with Crippen LogP contribution in [0.1, 0.15) is 120 Å². The number of ketones is 1. The second-order valence-electron chi connectivity index (χ2n) is 9.65. The normalized spacial score (nSPS) is 11.0. The van der Waals surface area contributed by atoms with Gasteiger partial charge in [-0.3, -0.25) is 4.79 Å². The molecule has 0 aliphatic carbocycles. The molecular weight excluding hydrogens is 418 g/mol. The summed E-state index contributed by atoms with van der Waals surface area (Å²) in [7, 11) is 0. The number of rotatable bonds is 21. The monoisotopic (exact) mass is 466 g/mol. The van der Waals surface area contributed by atoms with Gasteiger partial charge in [-0.25, -0.2) is 0 Å². The molecule has 0 saturated carbocycles. The van der Waals surface area contributed by atoms with Crippen molar-refractivity contribution in [2.24, 2.45) is 0 Å². The molecule has 1 aromatic carbocycles. The highest BCUT2D eigenvalue weighted by Crippen LogP contribution is 2.15. The van der Waals surface area contributed by atoms with Gasteiger partial charge in [0.15, 0.2) is 12.4 Å². The number of pyridine rings is 1. The van der Waals surface area contributed by atoms with E-state index in [-0.39, 0.29) is 5.78 Å². The summed E-state index contributed by atoms with van der Waals surface area (Å²) >= 11 is 0. The van der Waals surface area contributed by atoms with Gasteiger partial charge < -0.3 is 4.74 Å². The van der Waals surface area contributed by atoms with Gasteiger partial charge in [0.1, 0.15) is 5.75 Å². The van der Waals surface area contributed by atoms with Gasteiger partial charge in [0.05, 0.1) is 6.61 Å². The molecule has 1 heterocycles. The van der Waals surface area contributed by atoms with E-state index >= 15 is 0 Å². The first kappa shape index (κ1) is 28.1. The van der Waals surface area contributed by atoms with Gasteiger partial charge in [-0.2, -0.15) is 4.57 Å². The van der Waals surface area contributed by atoms with E-state index in [0.29, 0.717) is 6.54 Å². The molecule has 0 radical (unpaired) electrons. The van der Waals surface area contributed by atoms with Gasteiger partial charge in [-0.1, -0.05) is 109 Å². The number of hydrogen-bond donors (Lipinski definition) is 0. The van der Waals surface area contributed by atoms with Crippen molar-refractivity contribution < 1.29 is 14.1 Å². The Kier molecular flexibility index (Phi) is 15.8. The van der Waals surface area contributed by atoms with Gasteiger partial charge >= 0.3 is 0 Å². The van der Waals surface area contributed by atoms with Crippen LogP contribution < -0.4 is 9.30 Å². The molecule has 0 atom stereocenters. The number of ether oxygens (including phenoxy) is 1. The van der Waals surface area contributed by atoms with Crippen molar-refractivity contribution >= 4 is 5.78 Å². The van der Waals surface area contributed by atoms with Crippen LogP contribution >= 0.6 is 0 Å². The number of benzene rings is 1. The number of nitrogens with zero attached hydrogens (tertiary/aromatic N) is 1. The summed E-state index contributed by atoms with van der Waals surface area (Å²) in [6, 6.07) is 13.4. The smallest absolute Gasteiger partial charge is 0.227 e. The van der Waals surface area contributed by atoms with E-state index in [1.807, 2.05) is 59.4 Å². The minimum absolute atomic E-state index is 0.112. The predicted octanol–water partition coefficient (Wildman–Crippen LogP) is 8.50. The quantitative estimate of drug-likeness (QED) is 0.105. The summed E-state index contributed by atoms with van der Waals surface area (Å²) in [4.78, 5) is 12.4. The molecular formula is C31H48NO2+. The third-order valence-corrected chi connectivity index (χ3v) is 6.55. The van der Waals surface area contributed by atoms with Crippen LogP contribution in [0.5, 0.6) is 5.75 Å². The lowest BCUT2D eigenvalue weighted by Crippen LogP contribution is -2.36. The first-order valence-electron chi connectivity index (χ1n) is 14.0. The third-order valence-electron chi connectivity index (χ3n) is 6.55. The van der Waals surface area contributed by atoms with Gasteiger partial charge in [0, 0.05) is 17.7 Å². The lowest BCUT2D eigenvalue weighted by atomic mass is 10.0. The van der Waals surface area contributed by atoms with Crippen molar-refractivity contribution in [2.75, 3.05) is 6.61 Å². The van der Waals surface area contributed by atoms with Crippen molar-refractivity contribution in [3.05, 3.63) is 60.4 Å². The fourth-order valence-corrected chi connectivity index (χ4v) is 4.37. The van der Waals surface area contributed by atoms with E-state index in [1.54, 1.807) is 0 Å². The molecule has 0 spiro atoms. The second kappa shape index (κ2) is 19.2. The summed E-state index contributed by atoms with van der Waals surface area (Å²) in [5.41, 5.74) is 0.728. The number of unbranched alkanes of at least 4 members (excludes halogenated alkanes) is 15. The molecule has 0 N–H and O–H groups in total. The molecule has 0 amide bonds. The van der Waals surface area contributed by atoms with Crippen molar-refractivity contribution in [1.29, 1.82) is 0 Å². The summed E-state index contributed by atoms with van der Waals surface area (Å²) in [5.74, 6) is 0.963. The molecule has 2 aromatic rings. The van der Waals surface area contributed by atoms with Crippen LogP contribution in [0.2, 0.25) is 0 Å². The Morgan fingerprint density at radius 1 is 0.647 bits per heavy atom. The van der Waals surface area contributed by atoms with Crippen molar-refractivity contribution in [2.45, 2.75) is 116 Å². The van der Waals surface area contributed by atoms with Gasteiger partial charge in [0.2, 0.25) is 12.3 Å². The number of carbonyl (C=O) groups excluding carboxylic acids is 1. The highest BCUT2D eigenvalue weighted by atomic mass is 16.5. The van der Waals surface area contributed by atoms with Crippen molar-refractivity contribution in [3.8, 4) is 5.75 Å². The Morgan fingerprint density at radius 2 is 1.12 bits per heavy atom. The maximum absolute atomic E-state index is 12.4. The van der Waals surface area contributed by atoms with Crippen LogP contribution in [0.25, 0.3) is 0 Å². The topological polar surface area (TPSA) is 30.2 Å². The molecule has 2 rings (SSSR count). The Hall–Kier alpha value is -2.16. The summed E-state index contributed by atoms with van der Waals surface area (Å²) < 4.78 is 7.75. The van der Waals surface area contributed by atoms with E-state index in [1.165, 1.54) is 96.3 Å². The summed E-state index contributed by atoms with van der Waals surface area (Å²) in [5, 5.41) is 0. The molecule has 3 heteroatoms. The molecule has 0 fully saturated rings. The molecule has 188 valence electrons. The Balaban J connectivity index is 1.39. The lowest BCUT2D eigenvalue weighted by molar-refractivity contribution is -0.683. The number of Topliss-reactive ketones (excluding diaryl/α,β-unsaturated/α-hetero) is 1. The van der Waals surface area contributed by atoms with E-state index < -0.39 is 0 Å². The Bertz CT molecular complexity index is 742. The molecule has 0 unspecified atom stereocenters. The van der Waals surface area contributed by atoms with Crippen LogP contribution in [0.4, 0.5) is 0 Å². The van der Waals surface area contributed by atoms with Crippen LogP contribution in [-0.4, -0.2) is 12.4 Å². The van der Waals surface area contributed by atoms with Crippen LogP contribution in [0.15, 0.2) is 54.9 Å². The zero-order chi connectivity index (χ0) is 24.1. The van der Waals surface area contributed by atoms with Crippen LogP contribution in [-0.2, 0) is 6.54 Å². The fraction of sp³-hybridized carbons (Fsp3) is 0.613. The number of hydrogen-bond acceptors (Lipinski definition) is 2. The Labute approximate surface area is 208 Å². The first-order valence-corrected chi connectivity index (χ1v) is 14.0.